The summed E-state index contributed by atoms with van der Waals surface area (Å²) in [5.41, 5.74) is 1.27. The molecular weight excluding hydrogens is 207 g/mol. The lowest BCUT2D eigenvalue weighted by molar-refractivity contribution is -0.124. The van der Waals surface area contributed by atoms with Crippen LogP contribution in [0.2, 0.25) is 0 Å². The van der Waals surface area contributed by atoms with E-state index in [9.17, 15) is 9.18 Å². The number of rotatable bonds is 2. The minimum absolute atomic E-state index is 0.0215. The van der Waals surface area contributed by atoms with Crippen LogP contribution in [-0.4, -0.2) is 30.4 Å². The average molecular weight is 221 g/mol. The molecule has 1 saturated heterocycles. The van der Waals surface area contributed by atoms with Crippen LogP contribution in [0.5, 0.6) is 0 Å². The van der Waals surface area contributed by atoms with Crippen molar-refractivity contribution in [2.45, 2.75) is 6.54 Å². The Balaban J connectivity index is 2.08. The van der Waals surface area contributed by atoms with Crippen LogP contribution in [0.4, 0.5) is 4.39 Å². The van der Waals surface area contributed by atoms with E-state index in [1.54, 1.807) is 6.07 Å². The monoisotopic (exact) mass is 221 g/mol. The summed E-state index contributed by atoms with van der Waals surface area (Å²) < 4.78 is 13.2. The highest BCUT2D eigenvalue weighted by atomic mass is 19.1. The van der Waals surface area contributed by atoms with Gasteiger partial charge in [-0.05, 0) is 24.1 Å². The molecule has 1 aromatic rings. The number of carbonyl (C=O) groups is 1. The van der Waals surface area contributed by atoms with Gasteiger partial charge < -0.3 is 5.32 Å². The second-order valence-electron chi connectivity index (χ2n) is 3.94. The number of hydrogen-bond acceptors (Lipinski definition) is 2. The van der Waals surface area contributed by atoms with Crippen molar-refractivity contribution in [2.24, 2.45) is 0 Å². The Kier molecular flexibility index (Phi) is 3.19. The van der Waals surface area contributed by atoms with Gasteiger partial charge in [0.05, 0.1) is 6.54 Å². The molecule has 1 radical (unpaired) electrons. The van der Waals surface area contributed by atoms with Crippen molar-refractivity contribution in [3.63, 3.8) is 0 Å². The van der Waals surface area contributed by atoms with Gasteiger partial charge in [0, 0.05) is 19.6 Å². The van der Waals surface area contributed by atoms with Crippen LogP contribution in [0.15, 0.2) is 18.2 Å². The Labute approximate surface area is 94.3 Å². The van der Waals surface area contributed by atoms with Crippen molar-refractivity contribution >= 4 is 5.91 Å². The van der Waals surface area contributed by atoms with Crippen LogP contribution < -0.4 is 5.32 Å². The lowest BCUT2D eigenvalue weighted by Gasteiger charge is -2.26. The van der Waals surface area contributed by atoms with Crippen molar-refractivity contribution in [1.29, 1.82) is 0 Å². The van der Waals surface area contributed by atoms with E-state index in [1.807, 2.05) is 11.0 Å². The van der Waals surface area contributed by atoms with Crippen molar-refractivity contribution < 1.29 is 9.18 Å². The van der Waals surface area contributed by atoms with E-state index in [4.69, 9.17) is 0 Å². The van der Waals surface area contributed by atoms with E-state index in [2.05, 4.69) is 12.2 Å². The third-order valence-corrected chi connectivity index (χ3v) is 2.73. The van der Waals surface area contributed by atoms with Gasteiger partial charge >= 0.3 is 0 Å². The molecule has 2 rings (SSSR count). The van der Waals surface area contributed by atoms with Crippen molar-refractivity contribution in [1.82, 2.24) is 10.2 Å². The number of halogens is 1. The third-order valence-electron chi connectivity index (χ3n) is 2.73. The van der Waals surface area contributed by atoms with Crippen LogP contribution in [0.1, 0.15) is 11.1 Å². The molecule has 1 heterocycles. The van der Waals surface area contributed by atoms with Gasteiger partial charge in [-0.25, -0.2) is 4.39 Å². The Bertz CT molecular complexity index is 406. The molecule has 1 N–H and O–H groups in total. The molecule has 3 nitrogen and oxygen atoms in total. The molecule has 4 heteroatoms. The molecule has 1 aliphatic rings. The summed E-state index contributed by atoms with van der Waals surface area (Å²) in [5, 5.41) is 2.75. The summed E-state index contributed by atoms with van der Waals surface area (Å²) in [6, 6.07) is 4.91. The minimum Gasteiger partial charge on any atom is -0.354 e. The molecular formula is C12H14FN2O. The van der Waals surface area contributed by atoms with Crippen LogP contribution in [-0.2, 0) is 11.3 Å². The normalized spacial score (nSPS) is 17.2. The van der Waals surface area contributed by atoms with Crippen LogP contribution >= 0.6 is 0 Å². The largest absolute Gasteiger partial charge is 0.354 e. The number of carbonyl (C=O) groups excluding carboxylic acids is 1. The second kappa shape index (κ2) is 4.61. The van der Waals surface area contributed by atoms with E-state index in [-0.39, 0.29) is 11.7 Å². The lowest BCUT2D eigenvalue weighted by Crippen LogP contribution is -2.47. The number of benzene rings is 1. The Morgan fingerprint density at radius 2 is 2.31 bits per heavy atom. The van der Waals surface area contributed by atoms with Crippen molar-refractivity contribution in [3.8, 4) is 0 Å². The topological polar surface area (TPSA) is 32.3 Å². The Morgan fingerprint density at radius 1 is 1.50 bits per heavy atom. The number of piperazine rings is 1. The summed E-state index contributed by atoms with van der Waals surface area (Å²) in [5.74, 6) is -0.271. The highest BCUT2D eigenvalue weighted by Crippen LogP contribution is 2.14. The lowest BCUT2D eigenvalue weighted by atomic mass is 10.1. The first-order valence-electron chi connectivity index (χ1n) is 5.25. The summed E-state index contributed by atoms with van der Waals surface area (Å²) in [4.78, 5) is 13.2. The van der Waals surface area contributed by atoms with Gasteiger partial charge in [0.15, 0.2) is 0 Å². The average Bonchev–Trinajstić information content (AvgIpc) is 2.25. The van der Waals surface area contributed by atoms with E-state index < -0.39 is 0 Å². The highest BCUT2D eigenvalue weighted by Gasteiger charge is 2.17. The fourth-order valence-corrected chi connectivity index (χ4v) is 1.82. The molecule has 1 amide bonds. The zero-order valence-electron chi connectivity index (χ0n) is 9.00. The molecule has 16 heavy (non-hydrogen) atoms. The maximum Gasteiger partial charge on any atom is 0.234 e. The first kappa shape index (κ1) is 11.1. The van der Waals surface area contributed by atoms with Gasteiger partial charge in [0.1, 0.15) is 5.82 Å². The fourth-order valence-electron chi connectivity index (χ4n) is 1.82. The second-order valence-corrected chi connectivity index (χ2v) is 3.94. The molecule has 0 saturated carbocycles. The first-order valence-corrected chi connectivity index (χ1v) is 5.25. The maximum absolute atomic E-state index is 13.2. The first-order chi connectivity index (χ1) is 7.66. The van der Waals surface area contributed by atoms with Gasteiger partial charge in [0.2, 0.25) is 5.91 Å². The SMILES string of the molecule is [CH2]c1c(F)cccc1CN1CCNC(=O)C1. The highest BCUT2D eigenvalue weighted by molar-refractivity contribution is 5.78. The number of hydrogen-bond donors (Lipinski definition) is 1. The summed E-state index contributed by atoms with van der Waals surface area (Å²) in [6.07, 6.45) is 0. The fraction of sp³-hybridized carbons (Fsp3) is 0.333. The molecule has 0 aromatic heterocycles. The quantitative estimate of drug-likeness (QED) is 0.806. The van der Waals surface area contributed by atoms with Crippen LogP contribution in [0.25, 0.3) is 0 Å². The molecule has 1 aromatic carbocycles. The van der Waals surface area contributed by atoms with Gasteiger partial charge in [-0.15, -0.1) is 0 Å². The Hall–Kier alpha value is -1.42. The zero-order chi connectivity index (χ0) is 11.5. The minimum atomic E-state index is -0.293. The molecule has 0 spiro atoms. The standard InChI is InChI=1S/C12H14FN2O/c1-9-10(3-2-4-11(9)13)7-15-6-5-14-12(16)8-15/h2-4H,1,5-8H2,(H,14,16). The van der Waals surface area contributed by atoms with Gasteiger partial charge in [0.25, 0.3) is 0 Å². The van der Waals surface area contributed by atoms with Crippen molar-refractivity contribution in [2.75, 3.05) is 19.6 Å². The summed E-state index contributed by atoms with van der Waals surface area (Å²) in [7, 11) is 0. The molecule has 1 aliphatic heterocycles. The van der Waals surface area contributed by atoms with Gasteiger partial charge in [-0.1, -0.05) is 12.1 Å². The summed E-state index contributed by atoms with van der Waals surface area (Å²) in [6.45, 7) is 6.09. The number of amides is 1. The van der Waals surface area contributed by atoms with Crippen LogP contribution in [0.3, 0.4) is 0 Å². The molecule has 0 atom stereocenters. The van der Waals surface area contributed by atoms with E-state index in [1.165, 1.54) is 6.07 Å². The third kappa shape index (κ3) is 2.39. The molecule has 1 fully saturated rings. The predicted octanol–water partition coefficient (Wildman–Crippen LogP) is 0.940. The van der Waals surface area contributed by atoms with E-state index in [0.717, 1.165) is 12.1 Å². The van der Waals surface area contributed by atoms with Crippen molar-refractivity contribution in [3.05, 3.63) is 42.1 Å². The number of nitrogens with zero attached hydrogens (tertiary/aromatic N) is 1. The molecule has 85 valence electrons. The molecule has 0 unspecified atom stereocenters. The van der Waals surface area contributed by atoms with E-state index in [0.29, 0.717) is 25.2 Å². The smallest absolute Gasteiger partial charge is 0.234 e. The Morgan fingerprint density at radius 3 is 3.06 bits per heavy atom. The van der Waals surface area contributed by atoms with Gasteiger partial charge in [-0.3, -0.25) is 9.69 Å². The summed E-state index contributed by atoms with van der Waals surface area (Å²) >= 11 is 0. The zero-order valence-corrected chi connectivity index (χ0v) is 9.00. The van der Waals surface area contributed by atoms with E-state index >= 15 is 0 Å². The van der Waals surface area contributed by atoms with Crippen LogP contribution in [0, 0.1) is 12.7 Å². The molecule has 0 aliphatic carbocycles. The molecule has 0 bridgehead atoms. The maximum atomic E-state index is 13.2. The van der Waals surface area contributed by atoms with Gasteiger partial charge in [-0.2, -0.15) is 0 Å². The number of nitrogens with one attached hydrogen (secondary N) is 1. The predicted molar refractivity (Wildman–Crippen MR) is 59.1 cm³/mol.